The number of carbonyl (C=O) groups excluding carboxylic acids is 2. The molecule has 1 amide bonds. The second kappa shape index (κ2) is 9.11. The number of aliphatic hydroxyl groups excluding tert-OH is 1. The normalized spacial score (nSPS) is 18.3. The fourth-order valence-electron chi connectivity index (χ4n) is 3.39. The van der Waals surface area contributed by atoms with E-state index in [1.165, 1.54) is 4.90 Å². The van der Waals surface area contributed by atoms with E-state index in [-0.39, 0.29) is 11.3 Å². The van der Waals surface area contributed by atoms with Crippen LogP contribution in [-0.2, 0) is 14.3 Å². The molecule has 0 unspecified atom stereocenters. The van der Waals surface area contributed by atoms with Gasteiger partial charge in [-0.25, -0.2) is 0 Å². The third-order valence-electron chi connectivity index (χ3n) is 4.84. The molecule has 1 N–H and O–H groups in total. The molecule has 0 aromatic heterocycles. The second-order valence-corrected chi connectivity index (χ2v) is 7.06. The van der Waals surface area contributed by atoms with Crippen LogP contribution >= 0.6 is 11.6 Å². The number of likely N-dealkylation sites (tertiary alicyclic amines) is 1. The van der Waals surface area contributed by atoms with Crippen LogP contribution in [0.1, 0.15) is 23.6 Å². The topological polar surface area (TPSA) is 76.1 Å². The molecule has 0 saturated carbocycles. The van der Waals surface area contributed by atoms with Gasteiger partial charge in [-0.3, -0.25) is 9.59 Å². The standard InChI is InChI=1S/C22H22ClNO5/c1-28-13-3-12-24-19(14-6-10-17(29-2)11-7-14)18(21(26)22(24)27)20(25)15-4-8-16(23)9-5-15/h4-11,19,25H,3,12-13H2,1-2H3/b20-18+/t19-/m0/s1. The van der Waals surface area contributed by atoms with Crippen molar-refractivity contribution < 1.29 is 24.2 Å². The molecule has 2 aromatic carbocycles. The summed E-state index contributed by atoms with van der Waals surface area (Å²) in [5, 5.41) is 11.4. The first-order valence-electron chi connectivity index (χ1n) is 9.15. The molecule has 3 rings (SSSR count). The number of nitrogens with zero attached hydrogens (tertiary/aromatic N) is 1. The van der Waals surface area contributed by atoms with Gasteiger partial charge in [0.25, 0.3) is 11.7 Å². The van der Waals surface area contributed by atoms with Crippen molar-refractivity contribution in [2.24, 2.45) is 0 Å². The maximum atomic E-state index is 12.8. The molecule has 29 heavy (non-hydrogen) atoms. The lowest BCUT2D eigenvalue weighted by Gasteiger charge is -2.25. The fourth-order valence-corrected chi connectivity index (χ4v) is 3.51. The minimum Gasteiger partial charge on any atom is -0.507 e. The van der Waals surface area contributed by atoms with Crippen LogP contribution in [-0.4, -0.2) is 49.1 Å². The Morgan fingerprint density at radius 1 is 1.07 bits per heavy atom. The van der Waals surface area contributed by atoms with E-state index in [2.05, 4.69) is 0 Å². The quantitative estimate of drug-likeness (QED) is 0.322. The van der Waals surface area contributed by atoms with Gasteiger partial charge in [0.15, 0.2) is 0 Å². The minimum absolute atomic E-state index is 0.0555. The molecular weight excluding hydrogens is 394 g/mol. The molecule has 1 aliphatic rings. The Morgan fingerprint density at radius 2 is 1.72 bits per heavy atom. The molecule has 0 radical (unpaired) electrons. The third kappa shape index (κ3) is 4.28. The molecule has 152 valence electrons. The lowest BCUT2D eigenvalue weighted by molar-refractivity contribution is -0.140. The van der Waals surface area contributed by atoms with E-state index >= 15 is 0 Å². The Labute approximate surface area is 174 Å². The molecule has 2 aromatic rings. The van der Waals surface area contributed by atoms with E-state index in [1.54, 1.807) is 62.8 Å². The Balaban J connectivity index is 2.09. The van der Waals surface area contributed by atoms with Gasteiger partial charge in [-0.2, -0.15) is 0 Å². The average molecular weight is 416 g/mol. The number of methoxy groups -OCH3 is 2. The van der Waals surface area contributed by atoms with Crippen LogP contribution in [0.4, 0.5) is 0 Å². The summed E-state index contributed by atoms with van der Waals surface area (Å²) in [6, 6.07) is 12.8. The summed E-state index contributed by atoms with van der Waals surface area (Å²) in [6.45, 7) is 0.780. The van der Waals surface area contributed by atoms with Gasteiger partial charge in [0.1, 0.15) is 11.5 Å². The van der Waals surface area contributed by atoms with Crippen molar-refractivity contribution in [3.05, 3.63) is 70.3 Å². The number of halogens is 1. The molecule has 0 spiro atoms. The number of aliphatic hydroxyl groups is 1. The number of hydrogen-bond acceptors (Lipinski definition) is 5. The average Bonchev–Trinajstić information content (AvgIpc) is 2.99. The van der Waals surface area contributed by atoms with E-state index in [0.29, 0.717) is 41.5 Å². The molecule has 1 aliphatic heterocycles. The number of Topliss-reactive ketones (excluding diaryl/α,β-unsaturated/α-hetero) is 1. The Morgan fingerprint density at radius 3 is 2.31 bits per heavy atom. The molecule has 1 atom stereocenters. The lowest BCUT2D eigenvalue weighted by atomic mass is 9.95. The molecule has 1 heterocycles. The van der Waals surface area contributed by atoms with Crippen LogP contribution < -0.4 is 4.74 Å². The third-order valence-corrected chi connectivity index (χ3v) is 5.09. The largest absolute Gasteiger partial charge is 0.507 e. The molecule has 0 bridgehead atoms. The van der Waals surface area contributed by atoms with Crippen molar-refractivity contribution in [1.29, 1.82) is 0 Å². The highest BCUT2D eigenvalue weighted by atomic mass is 35.5. The van der Waals surface area contributed by atoms with Crippen molar-refractivity contribution in [3.8, 4) is 5.75 Å². The van der Waals surface area contributed by atoms with Crippen molar-refractivity contribution in [2.75, 3.05) is 27.4 Å². The zero-order valence-corrected chi connectivity index (χ0v) is 17.0. The number of ketones is 1. The number of hydrogen-bond donors (Lipinski definition) is 1. The first-order chi connectivity index (χ1) is 14.0. The lowest BCUT2D eigenvalue weighted by Crippen LogP contribution is -2.31. The van der Waals surface area contributed by atoms with Crippen LogP contribution in [0.5, 0.6) is 5.75 Å². The minimum atomic E-state index is -0.712. The second-order valence-electron chi connectivity index (χ2n) is 6.62. The Bertz CT molecular complexity index is 921. The number of ether oxygens (including phenoxy) is 2. The summed E-state index contributed by atoms with van der Waals surface area (Å²) in [5.74, 6) is -0.925. The molecule has 1 saturated heterocycles. The summed E-state index contributed by atoms with van der Waals surface area (Å²) in [6.07, 6.45) is 0.567. The van der Waals surface area contributed by atoms with Gasteiger partial charge in [-0.15, -0.1) is 0 Å². The molecule has 0 aliphatic carbocycles. The van der Waals surface area contributed by atoms with E-state index in [9.17, 15) is 14.7 Å². The van der Waals surface area contributed by atoms with Crippen molar-refractivity contribution in [1.82, 2.24) is 4.90 Å². The number of carbonyl (C=O) groups is 2. The first-order valence-corrected chi connectivity index (χ1v) is 9.53. The first kappa shape index (κ1) is 20.9. The highest BCUT2D eigenvalue weighted by molar-refractivity contribution is 6.46. The SMILES string of the molecule is COCCCN1C(=O)C(=O)/C(=C(/O)c2ccc(Cl)cc2)[C@@H]1c1ccc(OC)cc1. The van der Waals surface area contributed by atoms with Crippen LogP contribution in [0.15, 0.2) is 54.1 Å². The van der Waals surface area contributed by atoms with Crippen LogP contribution in [0.3, 0.4) is 0 Å². The number of amides is 1. The summed E-state index contributed by atoms with van der Waals surface area (Å²) in [5.41, 5.74) is 1.18. The van der Waals surface area contributed by atoms with Gasteiger partial charge in [-0.1, -0.05) is 23.7 Å². The van der Waals surface area contributed by atoms with E-state index < -0.39 is 17.7 Å². The van der Waals surface area contributed by atoms with Crippen LogP contribution in [0, 0.1) is 0 Å². The van der Waals surface area contributed by atoms with Crippen molar-refractivity contribution in [3.63, 3.8) is 0 Å². The number of rotatable bonds is 7. The molecule has 1 fully saturated rings. The summed E-state index contributed by atoms with van der Waals surface area (Å²) in [4.78, 5) is 27.1. The summed E-state index contributed by atoms with van der Waals surface area (Å²) in [7, 11) is 3.14. The van der Waals surface area contributed by atoms with Crippen molar-refractivity contribution >= 4 is 29.1 Å². The highest BCUT2D eigenvalue weighted by Gasteiger charge is 2.45. The predicted molar refractivity (Wildman–Crippen MR) is 110 cm³/mol. The maximum absolute atomic E-state index is 12.8. The van der Waals surface area contributed by atoms with Crippen LogP contribution in [0.2, 0.25) is 5.02 Å². The smallest absolute Gasteiger partial charge is 0.295 e. The monoisotopic (exact) mass is 415 g/mol. The Kier molecular flexibility index (Phi) is 6.56. The zero-order chi connectivity index (χ0) is 21.0. The molecule has 7 heteroatoms. The summed E-state index contributed by atoms with van der Waals surface area (Å²) < 4.78 is 10.3. The zero-order valence-electron chi connectivity index (χ0n) is 16.2. The highest BCUT2D eigenvalue weighted by Crippen LogP contribution is 2.39. The predicted octanol–water partition coefficient (Wildman–Crippen LogP) is 3.81. The van der Waals surface area contributed by atoms with Gasteiger partial charge >= 0.3 is 0 Å². The van der Waals surface area contributed by atoms with Crippen LogP contribution in [0.25, 0.3) is 5.76 Å². The Hall–Kier alpha value is -2.83. The van der Waals surface area contributed by atoms with Gasteiger partial charge in [-0.05, 0) is 48.4 Å². The number of benzene rings is 2. The van der Waals surface area contributed by atoms with Crippen molar-refractivity contribution in [2.45, 2.75) is 12.5 Å². The van der Waals surface area contributed by atoms with E-state index in [0.717, 1.165) is 0 Å². The van der Waals surface area contributed by atoms with Gasteiger partial charge in [0.05, 0.1) is 18.7 Å². The van der Waals surface area contributed by atoms with E-state index in [4.69, 9.17) is 21.1 Å². The van der Waals surface area contributed by atoms with Gasteiger partial charge in [0, 0.05) is 30.8 Å². The maximum Gasteiger partial charge on any atom is 0.295 e. The fraction of sp³-hybridized carbons (Fsp3) is 0.273. The molecular formula is C22H22ClNO5. The van der Waals surface area contributed by atoms with E-state index in [1.807, 2.05) is 0 Å². The van der Waals surface area contributed by atoms with Gasteiger partial charge < -0.3 is 19.5 Å². The van der Waals surface area contributed by atoms with Gasteiger partial charge in [0.2, 0.25) is 0 Å². The molecule has 6 nitrogen and oxygen atoms in total. The summed E-state index contributed by atoms with van der Waals surface area (Å²) >= 11 is 5.92.